The zero-order valence-electron chi connectivity index (χ0n) is 16.4. The number of rotatable bonds is 6. The molecule has 1 aliphatic carbocycles. The van der Waals surface area contributed by atoms with Crippen molar-refractivity contribution >= 4 is 11.7 Å². The van der Waals surface area contributed by atoms with E-state index in [4.69, 9.17) is 9.47 Å². The minimum absolute atomic E-state index is 0.00353. The van der Waals surface area contributed by atoms with E-state index in [2.05, 4.69) is 15.3 Å². The molecular formula is C21H26N4O4. The number of methoxy groups -OCH3 is 1. The van der Waals surface area contributed by atoms with E-state index < -0.39 is 6.10 Å². The van der Waals surface area contributed by atoms with Crippen molar-refractivity contribution in [2.24, 2.45) is 11.8 Å². The molecule has 8 nitrogen and oxygen atoms in total. The molecule has 1 saturated carbocycles. The van der Waals surface area contributed by atoms with E-state index in [1.165, 1.54) is 0 Å². The van der Waals surface area contributed by atoms with Crippen LogP contribution in [0.1, 0.15) is 12.8 Å². The summed E-state index contributed by atoms with van der Waals surface area (Å²) < 4.78 is 10.8. The number of nitrogens with zero attached hydrogens (tertiary/aromatic N) is 3. The number of anilines is 1. The predicted octanol–water partition coefficient (Wildman–Crippen LogP) is 1.57. The second-order valence-electron chi connectivity index (χ2n) is 7.67. The van der Waals surface area contributed by atoms with Crippen molar-refractivity contribution in [2.75, 3.05) is 32.1 Å². The first-order valence-corrected chi connectivity index (χ1v) is 9.87. The standard InChI is InChI=1S/C21H26N4O4/c1-28-16-3-2-4-17(9-16)29-13-21(27)25-11-14-7-18(19(26)8-15(14)12-25)24-20-10-22-5-6-23-20/h2-6,9-10,14-15,18-19,26H,7-8,11-13H2,1H3,(H,23,24)/t14-,15+,18-,19-/m1/s1. The zero-order chi connectivity index (χ0) is 20.2. The molecule has 154 valence electrons. The molecule has 2 aliphatic rings. The number of ether oxygens (including phenoxy) is 2. The first-order valence-electron chi connectivity index (χ1n) is 9.87. The number of aromatic nitrogens is 2. The number of hydrogen-bond donors (Lipinski definition) is 2. The van der Waals surface area contributed by atoms with Crippen LogP contribution in [0.3, 0.4) is 0 Å². The number of amides is 1. The van der Waals surface area contributed by atoms with E-state index in [1.807, 2.05) is 17.0 Å². The Bertz CT molecular complexity index is 834. The molecule has 1 aromatic carbocycles. The lowest BCUT2D eigenvalue weighted by molar-refractivity contribution is -0.132. The SMILES string of the molecule is COc1cccc(OCC(=O)N2C[C@H]3C[C@@H](Nc4cnccn4)[C@H](O)C[C@H]3C2)c1. The number of aliphatic hydroxyl groups excluding tert-OH is 1. The lowest BCUT2D eigenvalue weighted by Crippen LogP contribution is -2.43. The van der Waals surface area contributed by atoms with E-state index in [0.29, 0.717) is 48.7 Å². The van der Waals surface area contributed by atoms with Crippen molar-refractivity contribution in [1.29, 1.82) is 0 Å². The molecule has 4 atom stereocenters. The number of fused-ring (bicyclic) bond motifs is 1. The fourth-order valence-electron chi connectivity index (χ4n) is 4.28. The van der Waals surface area contributed by atoms with E-state index in [1.54, 1.807) is 37.8 Å². The number of carbonyl (C=O) groups is 1. The van der Waals surface area contributed by atoms with Gasteiger partial charge in [-0.25, -0.2) is 4.98 Å². The van der Waals surface area contributed by atoms with Crippen molar-refractivity contribution in [3.05, 3.63) is 42.9 Å². The minimum atomic E-state index is -0.471. The highest BCUT2D eigenvalue weighted by Gasteiger charge is 2.43. The van der Waals surface area contributed by atoms with Crippen molar-refractivity contribution < 1.29 is 19.4 Å². The first-order chi connectivity index (χ1) is 14.1. The van der Waals surface area contributed by atoms with Gasteiger partial charge in [0.2, 0.25) is 0 Å². The summed E-state index contributed by atoms with van der Waals surface area (Å²) in [5.41, 5.74) is 0. The van der Waals surface area contributed by atoms with Gasteiger partial charge >= 0.3 is 0 Å². The third kappa shape index (κ3) is 4.59. The Hall–Kier alpha value is -2.87. The molecule has 2 aromatic rings. The molecule has 8 heteroatoms. The highest BCUT2D eigenvalue weighted by atomic mass is 16.5. The lowest BCUT2D eigenvalue weighted by atomic mass is 9.77. The molecule has 0 spiro atoms. The van der Waals surface area contributed by atoms with Gasteiger partial charge in [-0.3, -0.25) is 9.78 Å². The Labute approximate surface area is 169 Å². The molecule has 2 heterocycles. The summed E-state index contributed by atoms with van der Waals surface area (Å²) in [7, 11) is 1.59. The topological polar surface area (TPSA) is 96.8 Å². The van der Waals surface area contributed by atoms with Crippen LogP contribution in [0.25, 0.3) is 0 Å². The Balaban J connectivity index is 1.31. The summed E-state index contributed by atoms with van der Waals surface area (Å²) >= 11 is 0. The normalized spacial score (nSPS) is 25.9. The average molecular weight is 398 g/mol. The summed E-state index contributed by atoms with van der Waals surface area (Å²) in [5.74, 6) is 2.59. The predicted molar refractivity (Wildman–Crippen MR) is 107 cm³/mol. The van der Waals surface area contributed by atoms with Crippen LogP contribution in [0.2, 0.25) is 0 Å². The third-order valence-corrected chi connectivity index (χ3v) is 5.79. The van der Waals surface area contributed by atoms with Crippen molar-refractivity contribution in [2.45, 2.75) is 25.0 Å². The number of aliphatic hydroxyl groups is 1. The van der Waals surface area contributed by atoms with Gasteiger partial charge in [-0.05, 0) is 36.8 Å². The van der Waals surface area contributed by atoms with Gasteiger partial charge in [0.1, 0.15) is 17.3 Å². The van der Waals surface area contributed by atoms with Crippen LogP contribution >= 0.6 is 0 Å². The number of hydrogen-bond acceptors (Lipinski definition) is 7. The molecule has 1 aliphatic heterocycles. The van der Waals surface area contributed by atoms with Gasteiger partial charge in [0.15, 0.2) is 6.61 Å². The number of carbonyl (C=O) groups excluding carboxylic acids is 1. The Morgan fingerprint density at radius 1 is 1.24 bits per heavy atom. The molecule has 2 fully saturated rings. The highest BCUT2D eigenvalue weighted by molar-refractivity contribution is 5.78. The second-order valence-corrected chi connectivity index (χ2v) is 7.67. The maximum atomic E-state index is 12.6. The summed E-state index contributed by atoms with van der Waals surface area (Å²) in [6.07, 6.45) is 5.89. The van der Waals surface area contributed by atoms with Crippen molar-refractivity contribution in [1.82, 2.24) is 14.9 Å². The van der Waals surface area contributed by atoms with Crippen LogP contribution < -0.4 is 14.8 Å². The smallest absolute Gasteiger partial charge is 0.260 e. The second kappa shape index (κ2) is 8.65. The van der Waals surface area contributed by atoms with Gasteiger partial charge < -0.3 is 24.8 Å². The van der Waals surface area contributed by atoms with Gasteiger partial charge in [-0.2, -0.15) is 0 Å². The molecule has 0 radical (unpaired) electrons. The highest BCUT2D eigenvalue weighted by Crippen LogP contribution is 2.37. The number of benzene rings is 1. The molecule has 0 unspecified atom stereocenters. The van der Waals surface area contributed by atoms with Gasteiger partial charge in [0.05, 0.1) is 25.5 Å². The number of nitrogens with one attached hydrogen (secondary N) is 1. The van der Waals surface area contributed by atoms with E-state index in [-0.39, 0.29) is 18.6 Å². The van der Waals surface area contributed by atoms with Crippen LogP contribution in [0.4, 0.5) is 5.82 Å². The van der Waals surface area contributed by atoms with Crippen molar-refractivity contribution in [3.63, 3.8) is 0 Å². The largest absolute Gasteiger partial charge is 0.497 e. The Kier molecular flexibility index (Phi) is 5.80. The van der Waals surface area contributed by atoms with Crippen LogP contribution in [-0.2, 0) is 4.79 Å². The summed E-state index contributed by atoms with van der Waals surface area (Å²) in [4.78, 5) is 22.8. The van der Waals surface area contributed by atoms with Crippen LogP contribution in [0.5, 0.6) is 11.5 Å². The summed E-state index contributed by atoms with van der Waals surface area (Å²) in [6, 6.07) is 7.14. The van der Waals surface area contributed by atoms with Gasteiger partial charge in [-0.15, -0.1) is 0 Å². The third-order valence-electron chi connectivity index (χ3n) is 5.79. The molecule has 4 rings (SSSR count). The summed E-state index contributed by atoms with van der Waals surface area (Å²) in [6.45, 7) is 1.35. The summed E-state index contributed by atoms with van der Waals surface area (Å²) in [5, 5.41) is 13.8. The minimum Gasteiger partial charge on any atom is -0.497 e. The fraction of sp³-hybridized carbons (Fsp3) is 0.476. The number of likely N-dealkylation sites (tertiary alicyclic amines) is 1. The average Bonchev–Trinajstić information content (AvgIpc) is 3.16. The quantitative estimate of drug-likeness (QED) is 0.762. The van der Waals surface area contributed by atoms with E-state index >= 15 is 0 Å². The Morgan fingerprint density at radius 2 is 2.03 bits per heavy atom. The molecule has 1 saturated heterocycles. The van der Waals surface area contributed by atoms with E-state index in [0.717, 1.165) is 6.42 Å². The van der Waals surface area contributed by atoms with Gasteiger partial charge in [0, 0.05) is 31.5 Å². The first kappa shape index (κ1) is 19.4. The van der Waals surface area contributed by atoms with Crippen LogP contribution in [-0.4, -0.2) is 64.8 Å². The zero-order valence-corrected chi connectivity index (χ0v) is 16.4. The molecular weight excluding hydrogens is 372 g/mol. The van der Waals surface area contributed by atoms with Crippen molar-refractivity contribution in [3.8, 4) is 11.5 Å². The monoisotopic (exact) mass is 398 g/mol. The fourth-order valence-corrected chi connectivity index (χ4v) is 4.28. The van der Waals surface area contributed by atoms with Crippen LogP contribution in [0, 0.1) is 11.8 Å². The lowest BCUT2D eigenvalue weighted by Gasteiger charge is -2.35. The van der Waals surface area contributed by atoms with Crippen LogP contribution in [0.15, 0.2) is 42.9 Å². The maximum Gasteiger partial charge on any atom is 0.260 e. The molecule has 2 N–H and O–H groups in total. The molecule has 1 aromatic heterocycles. The maximum absolute atomic E-state index is 12.6. The molecule has 0 bridgehead atoms. The van der Waals surface area contributed by atoms with E-state index in [9.17, 15) is 9.90 Å². The molecule has 29 heavy (non-hydrogen) atoms. The van der Waals surface area contributed by atoms with Gasteiger partial charge in [-0.1, -0.05) is 6.07 Å². The van der Waals surface area contributed by atoms with Gasteiger partial charge in [0.25, 0.3) is 5.91 Å². The Morgan fingerprint density at radius 3 is 2.79 bits per heavy atom. The molecule has 1 amide bonds.